The standard InChI is InChI=1S/C19H24N4O3S/c1-26-17-7-3-2-6-15(17)16-12-20-8-9-23(16)13-18(24)22-19(25)21-11-14-5-4-10-27-14/h2-7,10,16,20H,8-9,11-13H2,1H3,(H2,21,22,24,25). The van der Waals surface area contributed by atoms with Crippen molar-refractivity contribution in [2.24, 2.45) is 0 Å². The van der Waals surface area contributed by atoms with Crippen LogP contribution in [0.3, 0.4) is 0 Å². The molecular weight excluding hydrogens is 364 g/mol. The summed E-state index contributed by atoms with van der Waals surface area (Å²) in [7, 11) is 1.64. The molecule has 1 atom stereocenters. The van der Waals surface area contributed by atoms with Crippen molar-refractivity contribution < 1.29 is 14.3 Å². The monoisotopic (exact) mass is 388 g/mol. The van der Waals surface area contributed by atoms with Crippen molar-refractivity contribution in [2.45, 2.75) is 12.6 Å². The van der Waals surface area contributed by atoms with E-state index in [2.05, 4.69) is 20.9 Å². The van der Waals surface area contributed by atoms with Crippen LogP contribution in [0.15, 0.2) is 41.8 Å². The second-order valence-electron chi connectivity index (χ2n) is 6.24. The maximum Gasteiger partial charge on any atom is 0.321 e. The minimum Gasteiger partial charge on any atom is -0.496 e. The molecule has 1 unspecified atom stereocenters. The normalized spacial score (nSPS) is 17.3. The molecule has 0 radical (unpaired) electrons. The van der Waals surface area contributed by atoms with Crippen LogP contribution in [-0.4, -0.2) is 50.1 Å². The number of ether oxygens (including phenoxy) is 1. The van der Waals surface area contributed by atoms with Crippen LogP contribution in [0.4, 0.5) is 4.79 Å². The first-order valence-corrected chi connectivity index (χ1v) is 9.73. The summed E-state index contributed by atoms with van der Waals surface area (Å²) in [6.07, 6.45) is 0. The summed E-state index contributed by atoms with van der Waals surface area (Å²) in [5.41, 5.74) is 1.03. The Morgan fingerprint density at radius 2 is 2.15 bits per heavy atom. The zero-order valence-corrected chi connectivity index (χ0v) is 16.1. The zero-order chi connectivity index (χ0) is 19.1. The molecule has 1 aromatic heterocycles. The molecule has 3 rings (SSSR count). The Kier molecular flexibility index (Phi) is 6.80. The number of urea groups is 1. The van der Waals surface area contributed by atoms with Gasteiger partial charge in [0.05, 0.1) is 26.2 Å². The van der Waals surface area contributed by atoms with Crippen molar-refractivity contribution in [3.63, 3.8) is 0 Å². The molecule has 7 nitrogen and oxygen atoms in total. The molecule has 0 saturated carbocycles. The Bertz CT molecular complexity index is 766. The summed E-state index contributed by atoms with van der Waals surface area (Å²) in [6.45, 7) is 2.79. The number of benzene rings is 1. The van der Waals surface area contributed by atoms with E-state index in [4.69, 9.17) is 4.74 Å². The Balaban J connectivity index is 1.57. The number of piperazine rings is 1. The van der Waals surface area contributed by atoms with E-state index in [-0.39, 0.29) is 18.5 Å². The molecule has 144 valence electrons. The van der Waals surface area contributed by atoms with E-state index >= 15 is 0 Å². The molecule has 3 N–H and O–H groups in total. The Morgan fingerprint density at radius 3 is 2.93 bits per heavy atom. The lowest BCUT2D eigenvalue weighted by Crippen LogP contribution is -2.51. The summed E-state index contributed by atoms with van der Waals surface area (Å²) >= 11 is 1.56. The van der Waals surface area contributed by atoms with Crippen molar-refractivity contribution in [3.8, 4) is 5.75 Å². The fourth-order valence-corrected chi connectivity index (χ4v) is 3.80. The van der Waals surface area contributed by atoms with E-state index in [1.807, 2.05) is 41.8 Å². The largest absolute Gasteiger partial charge is 0.496 e. The number of hydrogen-bond acceptors (Lipinski definition) is 6. The SMILES string of the molecule is COc1ccccc1C1CNCCN1CC(=O)NC(=O)NCc1cccs1. The van der Waals surface area contributed by atoms with E-state index in [0.717, 1.165) is 29.3 Å². The van der Waals surface area contributed by atoms with E-state index < -0.39 is 6.03 Å². The summed E-state index contributed by atoms with van der Waals surface area (Å²) in [5, 5.41) is 10.4. The van der Waals surface area contributed by atoms with Gasteiger partial charge in [-0.2, -0.15) is 0 Å². The molecule has 1 aliphatic rings. The quantitative estimate of drug-likeness (QED) is 0.702. The molecule has 1 saturated heterocycles. The maximum atomic E-state index is 12.4. The lowest BCUT2D eigenvalue weighted by Gasteiger charge is -2.36. The van der Waals surface area contributed by atoms with Crippen LogP contribution in [0.5, 0.6) is 5.75 Å². The van der Waals surface area contributed by atoms with Crippen LogP contribution < -0.4 is 20.7 Å². The third-order valence-electron chi connectivity index (χ3n) is 4.46. The average molecular weight is 388 g/mol. The van der Waals surface area contributed by atoms with Crippen molar-refractivity contribution in [2.75, 3.05) is 33.3 Å². The Labute approximate surface area is 162 Å². The first-order chi connectivity index (χ1) is 13.2. The van der Waals surface area contributed by atoms with Gasteiger partial charge in [-0.25, -0.2) is 4.79 Å². The van der Waals surface area contributed by atoms with Crippen LogP contribution in [-0.2, 0) is 11.3 Å². The van der Waals surface area contributed by atoms with Crippen molar-refractivity contribution in [1.82, 2.24) is 20.9 Å². The van der Waals surface area contributed by atoms with Gasteiger partial charge in [-0.05, 0) is 17.5 Å². The van der Waals surface area contributed by atoms with Crippen LogP contribution in [0.2, 0.25) is 0 Å². The minimum atomic E-state index is -0.475. The third-order valence-corrected chi connectivity index (χ3v) is 5.33. The fraction of sp³-hybridized carbons (Fsp3) is 0.368. The fourth-order valence-electron chi connectivity index (χ4n) is 3.16. The minimum absolute atomic E-state index is 0.00910. The number of hydrogen-bond donors (Lipinski definition) is 3. The number of thiophene rings is 1. The lowest BCUT2D eigenvalue weighted by molar-refractivity contribution is -0.122. The molecule has 1 fully saturated rings. The second kappa shape index (κ2) is 9.50. The predicted octanol–water partition coefficient (Wildman–Crippen LogP) is 1.73. The highest BCUT2D eigenvalue weighted by molar-refractivity contribution is 7.09. The van der Waals surface area contributed by atoms with Gasteiger partial charge in [-0.15, -0.1) is 11.3 Å². The predicted molar refractivity (Wildman–Crippen MR) is 105 cm³/mol. The summed E-state index contributed by atoms with van der Waals surface area (Å²) < 4.78 is 5.47. The van der Waals surface area contributed by atoms with Crippen LogP contribution in [0, 0.1) is 0 Å². The molecule has 3 amide bonds. The van der Waals surface area contributed by atoms with Gasteiger partial charge in [0, 0.05) is 30.1 Å². The number of amides is 3. The second-order valence-corrected chi connectivity index (χ2v) is 7.27. The molecule has 2 aromatic rings. The van der Waals surface area contributed by atoms with Gasteiger partial charge in [0.15, 0.2) is 0 Å². The topological polar surface area (TPSA) is 82.7 Å². The number of carbonyl (C=O) groups is 2. The van der Waals surface area contributed by atoms with Crippen molar-refractivity contribution in [3.05, 3.63) is 52.2 Å². The van der Waals surface area contributed by atoms with E-state index in [0.29, 0.717) is 13.1 Å². The van der Waals surface area contributed by atoms with E-state index in [1.54, 1.807) is 18.4 Å². The molecule has 27 heavy (non-hydrogen) atoms. The number of para-hydroxylation sites is 1. The molecule has 1 aromatic carbocycles. The number of rotatable bonds is 6. The number of nitrogens with one attached hydrogen (secondary N) is 3. The molecule has 8 heteroatoms. The third kappa shape index (κ3) is 5.29. The van der Waals surface area contributed by atoms with Gasteiger partial charge in [-0.1, -0.05) is 24.3 Å². The van der Waals surface area contributed by atoms with Gasteiger partial charge in [-0.3, -0.25) is 15.0 Å². The highest BCUT2D eigenvalue weighted by Crippen LogP contribution is 2.29. The Hall–Kier alpha value is -2.42. The van der Waals surface area contributed by atoms with Gasteiger partial charge in [0.1, 0.15) is 5.75 Å². The van der Waals surface area contributed by atoms with Crippen LogP contribution in [0.25, 0.3) is 0 Å². The summed E-state index contributed by atoms with van der Waals surface area (Å²) in [6, 6.07) is 11.2. The van der Waals surface area contributed by atoms with Crippen LogP contribution in [0.1, 0.15) is 16.5 Å². The highest BCUT2D eigenvalue weighted by Gasteiger charge is 2.28. The molecule has 0 aliphatic carbocycles. The molecule has 2 heterocycles. The molecular formula is C19H24N4O3S. The van der Waals surface area contributed by atoms with Crippen molar-refractivity contribution in [1.29, 1.82) is 0 Å². The summed E-state index contributed by atoms with van der Waals surface area (Å²) in [5.74, 6) is 0.478. The lowest BCUT2D eigenvalue weighted by atomic mass is 10.0. The molecule has 1 aliphatic heterocycles. The van der Waals surface area contributed by atoms with E-state index in [9.17, 15) is 9.59 Å². The van der Waals surface area contributed by atoms with E-state index in [1.165, 1.54) is 0 Å². The Morgan fingerprint density at radius 1 is 1.30 bits per heavy atom. The first kappa shape index (κ1) is 19.3. The molecule has 0 spiro atoms. The summed E-state index contributed by atoms with van der Waals surface area (Å²) in [4.78, 5) is 27.4. The average Bonchev–Trinajstić information content (AvgIpc) is 3.20. The smallest absolute Gasteiger partial charge is 0.321 e. The van der Waals surface area contributed by atoms with Gasteiger partial charge >= 0.3 is 6.03 Å². The number of methoxy groups -OCH3 is 1. The van der Waals surface area contributed by atoms with Crippen molar-refractivity contribution >= 4 is 23.3 Å². The first-order valence-electron chi connectivity index (χ1n) is 8.85. The van der Waals surface area contributed by atoms with Gasteiger partial charge in [0.25, 0.3) is 0 Å². The number of nitrogens with zero attached hydrogens (tertiary/aromatic N) is 1. The van der Waals surface area contributed by atoms with Gasteiger partial charge < -0.3 is 15.4 Å². The molecule has 0 bridgehead atoms. The number of carbonyl (C=O) groups excluding carboxylic acids is 2. The maximum absolute atomic E-state index is 12.4. The van der Waals surface area contributed by atoms with Crippen LogP contribution >= 0.6 is 11.3 Å². The van der Waals surface area contributed by atoms with Gasteiger partial charge in [0.2, 0.25) is 5.91 Å². The highest BCUT2D eigenvalue weighted by atomic mass is 32.1. The zero-order valence-electron chi connectivity index (χ0n) is 15.2. The number of imide groups is 1.